The van der Waals surface area contributed by atoms with Crippen molar-refractivity contribution < 1.29 is 9.18 Å². The molecule has 1 amide bonds. The number of benzene rings is 2. The Bertz CT molecular complexity index is 994. The first-order valence-electron chi connectivity index (χ1n) is 7.86. The first kappa shape index (κ1) is 18.6. The number of rotatable bonds is 3. The van der Waals surface area contributed by atoms with E-state index < -0.39 is 5.25 Å². The van der Waals surface area contributed by atoms with Gasteiger partial charge in [-0.25, -0.2) is 9.38 Å². The minimum Gasteiger partial charge on any atom is -0.282 e. The van der Waals surface area contributed by atoms with Gasteiger partial charge in [0.15, 0.2) is 10.4 Å². The first-order valence-corrected chi connectivity index (χ1v) is 10.5. The second-order valence-corrected chi connectivity index (χ2v) is 8.81. The Morgan fingerprint density at radius 1 is 1.22 bits per heavy atom. The van der Waals surface area contributed by atoms with Crippen molar-refractivity contribution in [3.63, 3.8) is 0 Å². The molecule has 0 N–H and O–H groups in total. The number of fused-ring (bicyclic) bond motifs is 1. The molecule has 1 saturated heterocycles. The highest BCUT2D eigenvalue weighted by molar-refractivity contribution is 8.25. The summed E-state index contributed by atoms with van der Waals surface area (Å²) in [5.74, 6) is 0.427. The van der Waals surface area contributed by atoms with E-state index in [2.05, 4.69) is 9.98 Å². The highest BCUT2D eigenvalue weighted by Crippen LogP contribution is 2.36. The van der Waals surface area contributed by atoms with Gasteiger partial charge in [-0.15, -0.1) is 0 Å². The molecule has 2 aliphatic rings. The molecule has 27 heavy (non-hydrogen) atoms. The van der Waals surface area contributed by atoms with E-state index in [1.165, 1.54) is 35.7 Å². The van der Waals surface area contributed by atoms with Crippen LogP contribution in [-0.4, -0.2) is 26.5 Å². The number of halogens is 2. The largest absolute Gasteiger partial charge is 0.282 e. The van der Waals surface area contributed by atoms with E-state index in [1.807, 2.05) is 18.2 Å². The Labute approximate surface area is 173 Å². The minimum atomic E-state index is -0.535. The number of anilines is 1. The van der Waals surface area contributed by atoms with Gasteiger partial charge in [0.25, 0.3) is 5.91 Å². The molecule has 0 bridgehead atoms. The third kappa shape index (κ3) is 3.94. The molecule has 1 atom stereocenters. The van der Waals surface area contributed by atoms with Crippen LogP contribution in [0.5, 0.6) is 0 Å². The van der Waals surface area contributed by atoms with Crippen molar-refractivity contribution in [3.05, 3.63) is 64.9 Å². The number of nitrogens with zero attached hydrogens (tertiary/aromatic N) is 3. The SMILES string of the molecule is O=C1N=C(SCc2cccc(F)c2)N=C2C1SC(=S)N2c1ccc(Cl)cc1. The lowest BCUT2D eigenvalue weighted by Crippen LogP contribution is -2.37. The summed E-state index contributed by atoms with van der Waals surface area (Å²) >= 11 is 13.9. The van der Waals surface area contributed by atoms with Crippen LogP contribution in [0.15, 0.2) is 58.5 Å². The molecule has 2 aromatic carbocycles. The van der Waals surface area contributed by atoms with E-state index in [0.717, 1.165) is 11.3 Å². The van der Waals surface area contributed by atoms with Gasteiger partial charge in [0.05, 0.1) is 0 Å². The number of hydrogen-bond acceptors (Lipinski definition) is 5. The van der Waals surface area contributed by atoms with Crippen molar-refractivity contribution in [2.24, 2.45) is 9.98 Å². The topological polar surface area (TPSA) is 45.0 Å². The van der Waals surface area contributed by atoms with Crippen molar-refractivity contribution in [3.8, 4) is 0 Å². The maximum absolute atomic E-state index is 13.3. The van der Waals surface area contributed by atoms with Crippen molar-refractivity contribution >= 4 is 74.3 Å². The average Bonchev–Trinajstić information content (AvgIpc) is 2.98. The normalized spacial score (nSPS) is 19.0. The maximum Gasteiger partial charge on any atom is 0.269 e. The fourth-order valence-corrected chi connectivity index (χ4v) is 4.95. The molecule has 1 unspecified atom stereocenters. The van der Waals surface area contributed by atoms with Crippen LogP contribution in [0.4, 0.5) is 10.1 Å². The zero-order chi connectivity index (χ0) is 19.0. The van der Waals surface area contributed by atoms with Gasteiger partial charge in [-0.2, -0.15) is 4.99 Å². The molecular formula is C18H11ClFN3OS3. The molecule has 0 saturated carbocycles. The van der Waals surface area contributed by atoms with Crippen LogP contribution in [0, 0.1) is 5.82 Å². The lowest BCUT2D eigenvalue weighted by atomic mass is 10.2. The van der Waals surface area contributed by atoms with Crippen molar-refractivity contribution in [1.29, 1.82) is 0 Å². The predicted molar refractivity (Wildman–Crippen MR) is 115 cm³/mol. The summed E-state index contributed by atoms with van der Waals surface area (Å²) < 4.78 is 13.9. The van der Waals surface area contributed by atoms with Crippen LogP contribution in [0.25, 0.3) is 0 Å². The van der Waals surface area contributed by atoms with Gasteiger partial charge in [-0.1, -0.05) is 59.5 Å². The second-order valence-electron chi connectivity index (χ2n) is 5.70. The van der Waals surface area contributed by atoms with E-state index >= 15 is 0 Å². The molecule has 4 rings (SSSR count). The zero-order valence-corrected chi connectivity index (χ0v) is 16.8. The lowest BCUT2D eigenvalue weighted by molar-refractivity contribution is -0.116. The summed E-state index contributed by atoms with van der Waals surface area (Å²) in [6, 6.07) is 13.5. The van der Waals surface area contributed by atoms with Crippen molar-refractivity contribution in [2.45, 2.75) is 11.0 Å². The van der Waals surface area contributed by atoms with Gasteiger partial charge >= 0.3 is 0 Å². The highest BCUT2D eigenvalue weighted by atomic mass is 35.5. The summed E-state index contributed by atoms with van der Waals surface area (Å²) in [5, 5.41) is 0.425. The average molecular weight is 436 g/mol. The van der Waals surface area contributed by atoms with E-state index in [0.29, 0.717) is 26.1 Å². The molecule has 0 aromatic heterocycles. The Kier molecular flexibility index (Phi) is 5.32. The van der Waals surface area contributed by atoms with E-state index in [9.17, 15) is 9.18 Å². The van der Waals surface area contributed by atoms with Crippen molar-refractivity contribution in [1.82, 2.24) is 0 Å². The van der Waals surface area contributed by atoms with Gasteiger partial charge in [-0.05, 0) is 42.0 Å². The molecule has 4 nitrogen and oxygen atoms in total. The number of amidine groups is 2. The molecule has 2 aliphatic heterocycles. The molecule has 0 spiro atoms. The summed E-state index contributed by atoms with van der Waals surface area (Å²) in [6.07, 6.45) is 0. The monoisotopic (exact) mass is 435 g/mol. The third-order valence-corrected chi connectivity index (χ3v) is 6.52. The molecule has 136 valence electrons. The summed E-state index contributed by atoms with van der Waals surface area (Å²) in [5.41, 5.74) is 1.59. The highest BCUT2D eigenvalue weighted by Gasteiger charge is 2.42. The molecule has 1 fully saturated rings. The smallest absolute Gasteiger partial charge is 0.269 e. The van der Waals surface area contributed by atoms with Crippen LogP contribution >= 0.6 is 47.3 Å². The van der Waals surface area contributed by atoms with Crippen LogP contribution in [0.1, 0.15) is 5.56 Å². The Hall–Kier alpha value is -1.74. The fourth-order valence-electron chi connectivity index (χ4n) is 2.63. The van der Waals surface area contributed by atoms with Gasteiger partial charge < -0.3 is 0 Å². The van der Waals surface area contributed by atoms with Gasteiger partial charge in [0.2, 0.25) is 0 Å². The zero-order valence-electron chi connectivity index (χ0n) is 13.6. The number of carbonyl (C=O) groups is 1. The van der Waals surface area contributed by atoms with E-state index in [4.69, 9.17) is 23.8 Å². The van der Waals surface area contributed by atoms with Gasteiger partial charge in [0, 0.05) is 16.5 Å². The number of amides is 1. The number of hydrogen-bond donors (Lipinski definition) is 0. The van der Waals surface area contributed by atoms with Crippen LogP contribution in [-0.2, 0) is 10.5 Å². The Morgan fingerprint density at radius 3 is 2.74 bits per heavy atom. The summed E-state index contributed by atoms with van der Waals surface area (Å²) in [7, 11) is 0. The Balaban J connectivity index is 1.59. The Morgan fingerprint density at radius 2 is 2.00 bits per heavy atom. The van der Waals surface area contributed by atoms with E-state index in [-0.39, 0.29) is 11.7 Å². The summed E-state index contributed by atoms with van der Waals surface area (Å²) in [6.45, 7) is 0. The molecule has 9 heteroatoms. The van der Waals surface area contributed by atoms with Crippen LogP contribution in [0.3, 0.4) is 0 Å². The maximum atomic E-state index is 13.3. The van der Waals surface area contributed by atoms with Crippen molar-refractivity contribution in [2.75, 3.05) is 4.90 Å². The van der Waals surface area contributed by atoms with Gasteiger partial charge in [0.1, 0.15) is 16.0 Å². The third-order valence-electron chi connectivity index (χ3n) is 3.85. The quantitative estimate of drug-likeness (QED) is 0.640. The predicted octanol–water partition coefficient (Wildman–Crippen LogP) is 4.91. The standard InChI is InChI=1S/C18H11ClFN3OS3/c19-11-4-6-13(7-5-11)23-15-14(27-18(23)25)16(24)22-17(21-15)26-9-10-2-1-3-12(20)8-10/h1-8,14H,9H2. The van der Waals surface area contributed by atoms with Crippen LogP contribution in [0.2, 0.25) is 5.02 Å². The second kappa shape index (κ2) is 7.71. The molecule has 2 aromatic rings. The molecular weight excluding hydrogens is 425 g/mol. The minimum absolute atomic E-state index is 0.287. The molecule has 0 radical (unpaired) electrons. The fraction of sp³-hybridized carbons (Fsp3) is 0.111. The molecule has 2 heterocycles. The molecule has 0 aliphatic carbocycles. The number of carbonyl (C=O) groups excluding carboxylic acids is 1. The first-order chi connectivity index (χ1) is 13.0. The summed E-state index contributed by atoms with van der Waals surface area (Å²) in [4.78, 5) is 22.9. The van der Waals surface area contributed by atoms with Gasteiger partial charge in [-0.3, -0.25) is 9.69 Å². The number of aliphatic imine (C=N–C) groups is 2. The van der Waals surface area contributed by atoms with E-state index in [1.54, 1.807) is 23.1 Å². The number of thiocarbonyl (C=S) groups is 1. The number of thioether (sulfide) groups is 2. The lowest BCUT2D eigenvalue weighted by Gasteiger charge is -2.21. The van der Waals surface area contributed by atoms with Crippen LogP contribution < -0.4 is 4.90 Å².